The Bertz CT molecular complexity index is 1280. The van der Waals surface area contributed by atoms with Crippen molar-refractivity contribution in [1.29, 1.82) is 5.26 Å². The summed E-state index contributed by atoms with van der Waals surface area (Å²) >= 11 is 2.20. The summed E-state index contributed by atoms with van der Waals surface area (Å²) < 4.78 is 3.16. The second kappa shape index (κ2) is 8.93. The van der Waals surface area contributed by atoms with Gasteiger partial charge in [0.15, 0.2) is 0 Å². The molecular weight excluding hydrogens is 487 g/mol. The molecule has 1 heterocycles. The highest BCUT2D eigenvalue weighted by Gasteiger charge is 2.09. The van der Waals surface area contributed by atoms with Crippen molar-refractivity contribution in [2.45, 2.75) is 6.54 Å². The van der Waals surface area contributed by atoms with Crippen molar-refractivity contribution in [2.24, 2.45) is 5.10 Å². The van der Waals surface area contributed by atoms with Crippen LogP contribution in [0.25, 0.3) is 10.9 Å². The maximum absolute atomic E-state index is 12.3. The Balaban J connectivity index is 1.59. The van der Waals surface area contributed by atoms with E-state index in [1.165, 1.54) is 0 Å². The molecule has 0 spiro atoms. The number of halogens is 1. The van der Waals surface area contributed by atoms with E-state index in [-0.39, 0.29) is 5.91 Å². The number of hydrogen-bond acceptors (Lipinski definition) is 3. The molecular formula is C24H17IN4O. The molecule has 0 aliphatic rings. The summed E-state index contributed by atoms with van der Waals surface area (Å²) in [6.45, 7) is 0.576. The number of rotatable bonds is 5. The van der Waals surface area contributed by atoms with Gasteiger partial charge in [0.05, 0.1) is 17.8 Å². The topological polar surface area (TPSA) is 70.2 Å². The number of carbonyl (C=O) groups is 1. The molecule has 0 saturated carbocycles. The van der Waals surface area contributed by atoms with Crippen molar-refractivity contribution in [1.82, 2.24) is 9.99 Å². The molecule has 1 amide bonds. The summed E-state index contributed by atoms with van der Waals surface area (Å²) in [5, 5.41) is 14.6. The van der Waals surface area contributed by atoms with Crippen molar-refractivity contribution in [3.8, 4) is 6.07 Å². The van der Waals surface area contributed by atoms with E-state index in [0.29, 0.717) is 17.7 Å². The lowest BCUT2D eigenvalue weighted by Crippen LogP contribution is -2.17. The largest absolute Gasteiger partial charge is 0.342 e. The third kappa shape index (κ3) is 4.26. The Morgan fingerprint density at radius 1 is 1.07 bits per heavy atom. The molecule has 0 bridgehead atoms. The van der Waals surface area contributed by atoms with Crippen molar-refractivity contribution in [3.63, 3.8) is 0 Å². The van der Waals surface area contributed by atoms with Crippen LogP contribution in [0.15, 0.2) is 84.1 Å². The van der Waals surface area contributed by atoms with E-state index in [1.54, 1.807) is 18.3 Å². The summed E-state index contributed by atoms with van der Waals surface area (Å²) in [5.74, 6) is -0.255. The number of nitrogens with zero attached hydrogens (tertiary/aromatic N) is 3. The summed E-state index contributed by atoms with van der Waals surface area (Å²) in [5.41, 5.74) is 6.69. The number of amides is 1. The lowest BCUT2D eigenvalue weighted by molar-refractivity contribution is 0.0955. The van der Waals surface area contributed by atoms with E-state index >= 15 is 0 Å². The molecule has 1 aromatic heterocycles. The number of nitrogens with one attached hydrogen (secondary N) is 1. The molecule has 6 heteroatoms. The lowest BCUT2D eigenvalue weighted by Gasteiger charge is -2.07. The van der Waals surface area contributed by atoms with Crippen molar-refractivity contribution >= 4 is 45.6 Å². The smallest absolute Gasteiger partial charge is 0.271 e. The summed E-state index contributed by atoms with van der Waals surface area (Å²) in [6, 6.07) is 25.1. The zero-order chi connectivity index (χ0) is 20.9. The maximum atomic E-state index is 12.3. The van der Waals surface area contributed by atoms with Crippen molar-refractivity contribution in [2.75, 3.05) is 0 Å². The van der Waals surface area contributed by atoms with Gasteiger partial charge < -0.3 is 4.57 Å². The van der Waals surface area contributed by atoms with E-state index in [2.05, 4.69) is 43.8 Å². The van der Waals surface area contributed by atoms with E-state index < -0.39 is 0 Å². The second-order valence-electron chi connectivity index (χ2n) is 6.70. The molecule has 0 atom stereocenters. The molecule has 5 nitrogen and oxygen atoms in total. The summed E-state index contributed by atoms with van der Waals surface area (Å²) in [7, 11) is 0. The zero-order valence-electron chi connectivity index (χ0n) is 15.9. The van der Waals surface area contributed by atoms with Gasteiger partial charge in [-0.25, -0.2) is 5.43 Å². The molecule has 0 radical (unpaired) electrons. The minimum absolute atomic E-state index is 0.255. The van der Waals surface area contributed by atoms with Gasteiger partial charge in [-0.2, -0.15) is 10.4 Å². The van der Waals surface area contributed by atoms with Crippen LogP contribution in [-0.4, -0.2) is 16.7 Å². The molecule has 146 valence electrons. The molecule has 0 aliphatic carbocycles. The Morgan fingerprint density at radius 3 is 2.60 bits per heavy atom. The molecule has 30 heavy (non-hydrogen) atoms. The molecule has 0 unspecified atom stereocenters. The Kier molecular flexibility index (Phi) is 5.91. The highest BCUT2D eigenvalue weighted by atomic mass is 127. The van der Waals surface area contributed by atoms with Crippen LogP contribution in [0.5, 0.6) is 0 Å². The normalized spacial score (nSPS) is 10.9. The van der Waals surface area contributed by atoms with Gasteiger partial charge in [-0.3, -0.25) is 4.79 Å². The number of para-hydroxylation sites is 1. The van der Waals surface area contributed by atoms with Crippen molar-refractivity contribution in [3.05, 3.63) is 105 Å². The number of nitriles is 1. The third-order valence-corrected chi connectivity index (χ3v) is 5.49. The average molecular weight is 504 g/mol. The average Bonchev–Trinajstić information content (AvgIpc) is 3.12. The van der Waals surface area contributed by atoms with Crippen molar-refractivity contribution < 1.29 is 4.79 Å². The fourth-order valence-electron chi connectivity index (χ4n) is 3.29. The van der Waals surface area contributed by atoms with Crippen LogP contribution in [0, 0.1) is 14.9 Å². The van der Waals surface area contributed by atoms with Gasteiger partial charge in [-0.1, -0.05) is 36.4 Å². The zero-order valence-corrected chi connectivity index (χ0v) is 18.1. The number of benzene rings is 3. The first-order chi connectivity index (χ1) is 14.7. The quantitative estimate of drug-likeness (QED) is 0.238. The van der Waals surface area contributed by atoms with Crippen LogP contribution in [0.3, 0.4) is 0 Å². The first-order valence-electron chi connectivity index (χ1n) is 9.30. The standard InChI is InChI=1S/C24H17IN4O/c25-21-11-9-17(10-12-21)24(30)28-27-14-20-16-29(23-8-4-3-7-22(20)23)15-19-6-2-1-5-18(19)13-26/h1-12,14,16H,15H2,(H,28,30). The molecule has 0 fully saturated rings. The number of hydrogen-bond donors (Lipinski definition) is 1. The van der Waals surface area contributed by atoms with E-state index in [0.717, 1.165) is 25.6 Å². The van der Waals surface area contributed by atoms with Crippen LogP contribution in [0.1, 0.15) is 27.0 Å². The fourth-order valence-corrected chi connectivity index (χ4v) is 3.65. The lowest BCUT2D eigenvalue weighted by atomic mass is 10.1. The number of hydrazone groups is 1. The van der Waals surface area contributed by atoms with E-state index in [4.69, 9.17) is 0 Å². The van der Waals surface area contributed by atoms with Gasteiger partial charge >= 0.3 is 0 Å². The molecule has 4 rings (SSSR count). The minimum atomic E-state index is -0.255. The molecule has 3 aromatic carbocycles. The van der Waals surface area contributed by atoms with Crippen LogP contribution >= 0.6 is 22.6 Å². The first kappa shape index (κ1) is 19.9. The SMILES string of the molecule is N#Cc1ccccc1Cn1cc(C=NNC(=O)c2ccc(I)cc2)c2ccccc21. The van der Waals surface area contributed by atoms with Gasteiger partial charge in [0.2, 0.25) is 0 Å². The van der Waals surface area contributed by atoms with E-state index in [1.807, 2.05) is 66.9 Å². The number of fused-ring (bicyclic) bond motifs is 1. The van der Waals surface area contributed by atoms with Gasteiger partial charge in [-0.15, -0.1) is 0 Å². The predicted molar refractivity (Wildman–Crippen MR) is 126 cm³/mol. The van der Waals surface area contributed by atoms with Gasteiger partial charge in [0.1, 0.15) is 0 Å². The number of aromatic nitrogens is 1. The Morgan fingerprint density at radius 2 is 1.80 bits per heavy atom. The predicted octanol–water partition coefficient (Wildman–Crippen LogP) is 4.93. The molecule has 0 aliphatic heterocycles. The second-order valence-corrected chi connectivity index (χ2v) is 7.95. The molecule has 4 aromatic rings. The fraction of sp³-hybridized carbons (Fsp3) is 0.0417. The summed E-state index contributed by atoms with van der Waals surface area (Å²) in [4.78, 5) is 12.3. The molecule has 1 N–H and O–H groups in total. The Hall–Kier alpha value is -3.44. The third-order valence-electron chi connectivity index (χ3n) is 4.77. The van der Waals surface area contributed by atoms with Gasteiger partial charge in [0, 0.05) is 38.3 Å². The number of carbonyl (C=O) groups excluding carboxylic acids is 1. The Labute approximate surface area is 187 Å². The van der Waals surface area contributed by atoms with Gasteiger partial charge in [0.25, 0.3) is 5.91 Å². The van der Waals surface area contributed by atoms with E-state index in [9.17, 15) is 10.1 Å². The monoisotopic (exact) mass is 504 g/mol. The highest BCUT2D eigenvalue weighted by Crippen LogP contribution is 2.22. The van der Waals surface area contributed by atoms with Crippen LogP contribution in [0.2, 0.25) is 0 Å². The highest BCUT2D eigenvalue weighted by molar-refractivity contribution is 14.1. The van der Waals surface area contributed by atoms with Crippen LogP contribution < -0.4 is 5.43 Å². The molecule has 0 saturated heterocycles. The first-order valence-corrected chi connectivity index (χ1v) is 10.4. The van der Waals surface area contributed by atoms with Crippen LogP contribution in [0.4, 0.5) is 0 Å². The van der Waals surface area contributed by atoms with Gasteiger partial charge in [-0.05, 0) is 64.6 Å². The minimum Gasteiger partial charge on any atom is -0.342 e. The summed E-state index contributed by atoms with van der Waals surface area (Å²) in [6.07, 6.45) is 3.64. The van der Waals surface area contributed by atoms with Crippen LogP contribution in [-0.2, 0) is 6.54 Å². The maximum Gasteiger partial charge on any atom is 0.271 e.